The second kappa shape index (κ2) is 6.37. The van der Waals surface area contributed by atoms with Crippen LogP contribution in [0.2, 0.25) is 5.02 Å². The van der Waals surface area contributed by atoms with Crippen LogP contribution < -0.4 is 0 Å². The molecule has 0 N–H and O–H groups in total. The highest BCUT2D eigenvalue weighted by molar-refractivity contribution is 8.00. The Balaban J connectivity index is 2.14. The third kappa shape index (κ3) is 3.68. The van der Waals surface area contributed by atoms with Crippen LogP contribution in [0.1, 0.15) is 40.0 Å². The zero-order valence-electron chi connectivity index (χ0n) is 12.3. The summed E-state index contributed by atoms with van der Waals surface area (Å²) in [6.45, 7) is 6.87. The fraction of sp³-hybridized carbons (Fsp3) is 0.625. The Morgan fingerprint density at radius 3 is 2.75 bits per heavy atom. The van der Waals surface area contributed by atoms with Crippen molar-refractivity contribution in [3.8, 4) is 6.07 Å². The summed E-state index contributed by atoms with van der Waals surface area (Å²) < 4.78 is 0. The Morgan fingerprint density at radius 1 is 1.40 bits per heavy atom. The van der Waals surface area contributed by atoms with E-state index in [4.69, 9.17) is 11.6 Å². The minimum absolute atomic E-state index is 0.108. The molecular weight excluding hydrogens is 288 g/mol. The number of halogens is 1. The zero-order chi connectivity index (χ0) is 14.8. The molecule has 0 radical (unpaired) electrons. The molecule has 1 aliphatic rings. The van der Waals surface area contributed by atoms with E-state index in [9.17, 15) is 5.26 Å². The minimum Gasteiger partial charge on any atom is -0.248 e. The van der Waals surface area contributed by atoms with E-state index >= 15 is 0 Å². The van der Waals surface area contributed by atoms with Crippen LogP contribution in [0.3, 0.4) is 0 Å². The topological polar surface area (TPSA) is 36.7 Å². The number of rotatable bonds is 2. The second-order valence-corrected chi connectivity index (χ2v) is 8.19. The third-order valence-electron chi connectivity index (χ3n) is 4.17. The number of hydrogen-bond acceptors (Lipinski definition) is 3. The predicted molar refractivity (Wildman–Crippen MR) is 84.8 cm³/mol. The monoisotopic (exact) mass is 308 g/mol. The van der Waals surface area contributed by atoms with Crippen molar-refractivity contribution in [1.29, 1.82) is 5.26 Å². The molecule has 1 fully saturated rings. The Morgan fingerprint density at radius 2 is 2.15 bits per heavy atom. The van der Waals surface area contributed by atoms with Gasteiger partial charge in [0, 0.05) is 11.4 Å². The van der Waals surface area contributed by atoms with Gasteiger partial charge >= 0.3 is 0 Å². The molecule has 1 heterocycles. The van der Waals surface area contributed by atoms with Crippen molar-refractivity contribution in [3.63, 3.8) is 0 Å². The van der Waals surface area contributed by atoms with Gasteiger partial charge in [-0.2, -0.15) is 5.26 Å². The highest BCUT2D eigenvalue weighted by atomic mass is 35.5. The molecular formula is C16H21ClN2S. The third-order valence-corrected chi connectivity index (χ3v) is 5.96. The lowest BCUT2D eigenvalue weighted by atomic mass is 9.70. The molecule has 2 rings (SSSR count). The number of hydrogen-bond donors (Lipinski definition) is 0. The zero-order valence-corrected chi connectivity index (χ0v) is 13.8. The molecule has 108 valence electrons. The molecule has 0 aromatic carbocycles. The first-order valence-electron chi connectivity index (χ1n) is 7.08. The maximum Gasteiger partial charge on any atom is 0.115 e. The van der Waals surface area contributed by atoms with Crippen molar-refractivity contribution < 1.29 is 0 Å². The van der Waals surface area contributed by atoms with Crippen LogP contribution in [0.15, 0.2) is 23.4 Å². The number of nitrogens with zero attached hydrogens (tertiary/aromatic N) is 2. The Labute approximate surface area is 130 Å². The van der Waals surface area contributed by atoms with Crippen LogP contribution in [-0.2, 0) is 0 Å². The second-order valence-electron chi connectivity index (χ2n) is 6.56. The van der Waals surface area contributed by atoms with Crippen LogP contribution in [-0.4, -0.2) is 10.2 Å². The molecule has 0 saturated heterocycles. The van der Waals surface area contributed by atoms with Gasteiger partial charge in [-0.1, -0.05) is 32.4 Å². The number of thioether (sulfide) groups is 1. The minimum atomic E-state index is 0.108. The van der Waals surface area contributed by atoms with Gasteiger partial charge < -0.3 is 0 Å². The molecule has 1 aliphatic carbocycles. The van der Waals surface area contributed by atoms with Gasteiger partial charge in [0.2, 0.25) is 0 Å². The van der Waals surface area contributed by atoms with Crippen molar-refractivity contribution in [3.05, 3.63) is 23.4 Å². The highest BCUT2D eigenvalue weighted by Gasteiger charge is 2.36. The average molecular weight is 309 g/mol. The van der Waals surface area contributed by atoms with Gasteiger partial charge in [-0.15, -0.1) is 11.8 Å². The van der Waals surface area contributed by atoms with Crippen LogP contribution in [0, 0.1) is 28.6 Å². The smallest absolute Gasteiger partial charge is 0.115 e. The normalized spacial score (nSPS) is 27.1. The number of pyridine rings is 1. The molecule has 0 amide bonds. The molecule has 4 heteroatoms. The van der Waals surface area contributed by atoms with Gasteiger partial charge in [0.25, 0.3) is 0 Å². The van der Waals surface area contributed by atoms with Crippen LogP contribution in [0.4, 0.5) is 0 Å². The molecule has 0 spiro atoms. The molecule has 1 saturated carbocycles. The van der Waals surface area contributed by atoms with Crippen molar-refractivity contribution in [2.75, 3.05) is 0 Å². The first-order chi connectivity index (χ1) is 9.41. The van der Waals surface area contributed by atoms with E-state index < -0.39 is 0 Å². The summed E-state index contributed by atoms with van der Waals surface area (Å²) >= 11 is 7.87. The summed E-state index contributed by atoms with van der Waals surface area (Å²) in [7, 11) is 0. The van der Waals surface area contributed by atoms with Gasteiger partial charge in [-0.25, -0.2) is 4.98 Å². The van der Waals surface area contributed by atoms with Crippen molar-refractivity contribution in [1.82, 2.24) is 4.98 Å². The molecule has 3 unspecified atom stereocenters. The van der Waals surface area contributed by atoms with Crippen LogP contribution in [0.5, 0.6) is 0 Å². The fourth-order valence-corrected chi connectivity index (χ4v) is 4.33. The standard InChI is InChI=1S/C16H21ClN2S/c1-16(2,3)12-7-6-11(10-18)14(9-12)20-15-13(17)5-4-8-19-15/h4-5,8,11-12,14H,6-7,9H2,1-3H3. The maximum absolute atomic E-state index is 9.38. The number of aromatic nitrogens is 1. The van der Waals surface area contributed by atoms with E-state index in [0.717, 1.165) is 24.3 Å². The largest absolute Gasteiger partial charge is 0.248 e. The maximum atomic E-state index is 9.38. The number of nitriles is 1. The Hall–Kier alpha value is -0.720. The molecule has 20 heavy (non-hydrogen) atoms. The first kappa shape index (κ1) is 15.7. The van der Waals surface area contributed by atoms with E-state index in [-0.39, 0.29) is 5.92 Å². The molecule has 0 bridgehead atoms. The van der Waals surface area contributed by atoms with Crippen molar-refractivity contribution >= 4 is 23.4 Å². The Kier molecular flexibility index (Phi) is 4.99. The fourth-order valence-electron chi connectivity index (χ4n) is 2.79. The van der Waals surface area contributed by atoms with Gasteiger partial charge in [-0.3, -0.25) is 0 Å². The lowest BCUT2D eigenvalue weighted by molar-refractivity contribution is 0.169. The summed E-state index contributed by atoms with van der Waals surface area (Å²) in [5.41, 5.74) is 0.299. The van der Waals surface area contributed by atoms with Gasteiger partial charge in [-0.05, 0) is 42.7 Å². The highest BCUT2D eigenvalue weighted by Crippen LogP contribution is 2.46. The van der Waals surface area contributed by atoms with E-state index in [2.05, 4.69) is 31.8 Å². The molecule has 2 nitrogen and oxygen atoms in total. The lowest BCUT2D eigenvalue weighted by Crippen LogP contribution is -2.33. The summed E-state index contributed by atoms with van der Waals surface area (Å²) in [6.07, 6.45) is 4.97. The molecule has 1 aromatic heterocycles. The summed E-state index contributed by atoms with van der Waals surface area (Å²) in [5.74, 6) is 0.767. The molecule has 0 aliphatic heterocycles. The van der Waals surface area contributed by atoms with E-state index in [0.29, 0.717) is 21.6 Å². The summed E-state index contributed by atoms with van der Waals surface area (Å²) in [4.78, 5) is 4.35. The first-order valence-corrected chi connectivity index (χ1v) is 8.34. The SMILES string of the molecule is CC(C)(C)C1CCC(C#N)C(Sc2ncccc2Cl)C1. The molecule has 3 atom stereocenters. The van der Waals surface area contributed by atoms with Crippen LogP contribution >= 0.6 is 23.4 Å². The van der Waals surface area contributed by atoms with E-state index in [1.165, 1.54) is 0 Å². The lowest BCUT2D eigenvalue weighted by Gasteiger charge is -2.39. The van der Waals surface area contributed by atoms with E-state index in [1.807, 2.05) is 12.1 Å². The van der Waals surface area contributed by atoms with Crippen molar-refractivity contribution in [2.24, 2.45) is 17.3 Å². The predicted octanol–water partition coefficient (Wildman–Crippen LogP) is 5.18. The van der Waals surface area contributed by atoms with E-state index in [1.54, 1.807) is 18.0 Å². The molecule has 1 aromatic rings. The summed E-state index contributed by atoms with van der Waals surface area (Å²) in [6, 6.07) is 6.18. The van der Waals surface area contributed by atoms with Gasteiger partial charge in [0.15, 0.2) is 0 Å². The van der Waals surface area contributed by atoms with Crippen LogP contribution in [0.25, 0.3) is 0 Å². The van der Waals surface area contributed by atoms with Crippen molar-refractivity contribution in [2.45, 2.75) is 50.3 Å². The van der Waals surface area contributed by atoms with Gasteiger partial charge in [0.1, 0.15) is 5.03 Å². The Bertz CT molecular complexity index is 504. The van der Waals surface area contributed by atoms with Gasteiger partial charge in [0.05, 0.1) is 17.0 Å². The average Bonchev–Trinajstić information content (AvgIpc) is 2.40. The quantitative estimate of drug-likeness (QED) is 0.755. The summed E-state index contributed by atoms with van der Waals surface area (Å²) in [5, 5.41) is 11.2.